The third kappa shape index (κ3) is 3.75. The van der Waals surface area contributed by atoms with E-state index in [9.17, 15) is 22.4 Å². The highest BCUT2D eigenvalue weighted by Gasteiger charge is 2.41. The van der Waals surface area contributed by atoms with Crippen LogP contribution in [-0.4, -0.2) is 55.8 Å². The molecular weight excluding hydrogens is 359 g/mol. The number of carbonyl (C=O) groups excluding carboxylic acids is 2. The van der Waals surface area contributed by atoms with Gasteiger partial charge < -0.3 is 9.80 Å². The normalized spacial score (nSPS) is 24.8. The van der Waals surface area contributed by atoms with Gasteiger partial charge in [0, 0.05) is 25.6 Å². The molecule has 142 valence electrons. The Bertz CT molecular complexity index is 811. The zero-order valence-electron chi connectivity index (χ0n) is 14.7. The summed E-state index contributed by atoms with van der Waals surface area (Å²) in [5.74, 6) is -1.49. The predicted molar refractivity (Wildman–Crippen MR) is 95.9 cm³/mol. The molecule has 2 unspecified atom stereocenters. The SMILES string of the molecule is CCCN(C(=O)C1CC(=O)N(c2ccccc2F)C1)C1CCS(=O)(=O)C1. The van der Waals surface area contributed by atoms with Crippen molar-refractivity contribution >= 4 is 27.3 Å². The maximum absolute atomic E-state index is 14.0. The summed E-state index contributed by atoms with van der Waals surface area (Å²) in [7, 11) is -3.11. The molecule has 2 heterocycles. The van der Waals surface area contributed by atoms with Crippen molar-refractivity contribution in [2.24, 2.45) is 5.92 Å². The number of para-hydroxylation sites is 1. The van der Waals surface area contributed by atoms with Crippen LogP contribution in [-0.2, 0) is 19.4 Å². The van der Waals surface area contributed by atoms with Crippen molar-refractivity contribution in [3.63, 3.8) is 0 Å². The molecule has 1 aromatic rings. The molecule has 0 spiro atoms. The lowest BCUT2D eigenvalue weighted by Crippen LogP contribution is -2.45. The lowest BCUT2D eigenvalue weighted by Gasteiger charge is -2.30. The van der Waals surface area contributed by atoms with Crippen molar-refractivity contribution in [3.8, 4) is 0 Å². The summed E-state index contributed by atoms with van der Waals surface area (Å²) in [6.07, 6.45) is 1.17. The molecule has 0 saturated carbocycles. The average Bonchev–Trinajstić information content (AvgIpc) is 3.15. The molecule has 0 aromatic heterocycles. The van der Waals surface area contributed by atoms with E-state index in [1.807, 2.05) is 6.92 Å². The van der Waals surface area contributed by atoms with Crippen LogP contribution in [0.2, 0.25) is 0 Å². The smallest absolute Gasteiger partial charge is 0.228 e. The van der Waals surface area contributed by atoms with Gasteiger partial charge in [-0.15, -0.1) is 0 Å². The van der Waals surface area contributed by atoms with E-state index in [4.69, 9.17) is 0 Å². The van der Waals surface area contributed by atoms with Crippen LogP contribution < -0.4 is 4.90 Å². The number of anilines is 1. The first-order chi connectivity index (χ1) is 12.3. The van der Waals surface area contributed by atoms with Gasteiger partial charge in [-0.1, -0.05) is 19.1 Å². The number of benzene rings is 1. The van der Waals surface area contributed by atoms with Crippen molar-refractivity contribution in [2.75, 3.05) is 29.5 Å². The minimum atomic E-state index is -3.11. The van der Waals surface area contributed by atoms with Gasteiger partial charge >= 0.3 is 0 Å². The number of halogens is 1. The fraction of sp³-hybridized carbons (Fsp3) is 0.556. The molecule has 2 aliphatic rings. The van der Waals surface area contributed by atoms with Gasteiger partial charge in [0.05, 0.1) is 23.1 Å². The molecule has 0 radical (unpaired) electrons. The third-order valence-corrected chi connectivity index (χ3v) is 6.76. The Hall–Kier alpha value is -1.96. The Kier molecular flexibility index (Phi) is 5.32. The van der Waals surface area contributed by atoms with Crippen LogP contribution in [0.3, 0.4) is 0 Å². The monoisotopic (exact) mass is 382 g/mol. The second-order valence-electron chi connectivity index (χ2n) is 6.95. The lowest BCUT2D eigenvalue weighted by atomic mass is 10.0. The molecule has 3 rings (SSSR count). The van der Waals surface area contributed by atoms with Gasteiger partial charge in [0.1, 0.15) is 5.82 Å². The molecule has 2 aliphatic heterocycles. The summed E-state index contributed by atoms with van der Waals surface area (Å²) in [6.45, 7) is 2.51. The number of nitrogens with zero attached hydrogens (tertiary/aromatic N) is 2. The van der Waals surface area contributed by atoms with Crippen LogP contribution in [0.15, 0.2) is 24.3 Å². The van der Waals surface area contributed by atoms with E-state index in [1.165, 1.54) is 17.0 Å². The van der Waals surface area contributed by atoms with Crippen LogP contribution >= 0.6 is 0 Å². The molecule has 0 bridgehead atoms. The molecule has 2 atom stereocenters. The van der Waals surface area contributed by atoms with E-state index in [-0.39, 0.29) is 48.0 Å². The van der Waals surface area contributed by atoms with Crippen molar-refractivity contribution in [2.45, 2.75) is 32.2 Å². The van der Waals surface area contributed by atoms with Gasteiger partial charge in [-0.25, -0.2) is 12.8 Å². The molecule has 8 heteroatoms. The summed E-state index contributed by atoms with van der Waals surface area (Å²) < 4.78 is 37.6. The first kappa shape index (κ1) is 18.8. The standard InChI is InChI=1S/C18H23FN2O4S/c1-2-8-20(14-7-9-26(24,25)12-14)18(23)13-10-17(22)21(11-13)16-6-4-3-5-15(16)19/h3-6,13-14H,2,7-12H2,1H3. The molecule has 1 aromatic carbocycles. The first-order valence-electron chi connectivity index (χ1n) is 8.88. The van der Waals surface area contributed by atoms with Crippen LogP contribution in [0.1, 0.15) is 26.2 Å². The van der Waals surface area contributed by atoms with Gasteiger partial charge in [0.15, 0.2) is 9.84 Å². The van der Waals surface area contributed by atoms with E-state index in [0.29, 0.717) is 19.4 Å². The summed E-state index contributed by atoms with van der Waals surface area (Å²) in [6, 6.07) is 5.67. The van der Waals surface area contributed by atoms with Gasteiger partial charge in [0.2, 0.25) is 11.8 Å². The lowest BCUT2D eigenvalue weighted by molar-refractivity contribution is -0.137. The van der Waals surface area contributed by atoms with E-state index in [0.717, 1.165) is 0 Å². The molecule has 2 fully saturated rings. The second kappa shape index (κ2) is 7.34. The zero-order chi connectivity index (χ0) is 18.9. The maximum atomic E-state index is 14.0. The Morgan fingerprint density at radius 2 is 2.08 bits per heavy atom. The van der Waals surface area contributed by atoms with Crippen molar-refractivity contribution in [3.05, 3.63) is 30.1 Å². The fourth-order valence-corrected chi connectivity index (χ4v) is 5.48. The molecule has 2 amide bonds. The highest BCUT2D eigenvalue weighted by atomic mass is 32.2. The molecule has 0 aliphatic carbocycles. The van der Waals surface area contributed by atoms with Crippen LogP contribution in [0.25, 0.3) is 0 Å². The fourth-order valence-electron chi connectivity index (χ4n) is 3.75. The van der Waals surface area contributed by atoms with Crippen LogP contribution in [0.5, 0.6) is 0 Å². The maximum Gasteiger partial charge on any atom is 0.228 e. The number of amides is 2. The average molecular weight is 382 g/mol. The van der Waals surface area contributed by atoms with Crippen molar-refractivity contribution in [1.82, 2.24) is 4.90 Å². The van der Waals surface area contributed by atoms with Crippen molar-refractivity contribution < 1.29 is 22.4 Å². The number of rotatable bonds is 5. The van der Waals surface area contributed by atoms with Gasteiger partial charge in [0.25, 0.3) is 0 Å². The van der Waals surface area contributed by atoms with Gasteiger partial charge in [-0.2, -0.15) is 0 Å². The zero-order valence-corrected chi connectivity index (χ0v) is 15.5. The van der Waals surface area contributed by atoms with E-state index in [1.54, 1.807) is 17.0 Å². The van der Waals surface area contributed by atoms with Gasteiger partial charge in [-0.05, 0) is 25.0 Å². The molecule has 2 saturated heterocycles. The Labute approximate surface area is 152 Å². The molecule has 0 N–H and O–H groups in total. The van der Waals surface area contributed by atoms with Crippen LogP contribution in [0, 0.1) is 11.7 Å². The predicted octanol–water partition coefficient (Wildman–Crippen LogP) is 1.60. The molecule has 6 nitrogen and oxygen atoms in total. The van der Waals surface area contributed by atoms with Crippen LogP contribution in [0.4, 0.5) is 10.1 Å². The number of hydrogen-bond acceptors (Lipinski definition) is 4. The van der Waals surface area contributed by atoms with E-state index in [2.05, 4.69) is 0 Å². The Morgan fingerprint density at radius 1 is 1.35 bits per heavy atom. The number of carbonyl (C=O) groups is 2. The highest BCUT2D eigenvalue weighted by Crippen LogP contribution is 2.29. The number of hydrogen-bond donors (Lipinski definition) is 0. The summed E-state index contributed by atoms with van der Waals surface area (Å²) in [5, 5.41) is 0. The largest absolute Gasteiger partial charge is 0.338 e. The molecular formula is C18H23FN2O4S. The minimum Gasteiger partial charge on any atom is -0.338 e. The summed E-state index contributed by atoms with van der Waals surface area (Å²) in [4.78, 5) is 28.3. The minimum absolute atomic E-state index is 0.0174. The first-order valence-corrected chi connectivity index (χ1v) is 10.7. The quantitative estimate of drug-likeness (QED) is 0.775. The summed E-state index contributed by atoms with van der Waals surface area (Å²) in [5.41, 5.74) is 0.179. The third-order valence-electron chi connectivity index (χ3n) is 5.01. The topological polar surface area (TPSA) is 74.8 Å². The summed E-state index contributed by atoms with van der Waals surface area (Å²) >= 11 is 0. The number of sulfone groups is 1. The Balaban J connectivity index is 1.76. The van der Waals surface area contributed by atoms with Gasteiger partial charge in [-0.3, -0.25) is 9.59 Å². The van der Waals surface area contributed by atoms with E-state index < -0.39 is 21.6 Å². The Morgan fingerprint density at radius 3 is 2.69 bits per heavy atom. The van der Waals surface area contributed by atoms with E-state index >= 15 is 0 Å². The second-order valence-corrected chi connectivity index (χ2v) is 9.17. The molecule has 26 heavy (non-hydrogen) atoms. The van der Waals surface area contributed by atoms with Crippen molar-refractivity contribution in [1.29, 1.82) is 0 Å². The highest BCUT2D eigenvalue weighted by molar-refractivity contribution is 7.91.